The number of likely N-dealkylation sites (tertiary alicyclic amines) is 1. The average Bonchev–Trinajstić information content (AvgIpc) is 2.68. The molecule has 0 saturated carbocycles. The molecule has 1 saturated heterocycles. The van der Waals surface area contributed by atoms with Gasteiger partial charge in [-0.1, -0.05) is 30.3 Å². The van der Waals surface area contributed by atoms with Crippen molar-refractivity contribution in [3.63, 3.8) is 0 Å². The van der Waals surface area contributed by atoms with E-state index in [1.54, 1.807) is 0 Å². The molecule has 0 radical (unpaired) electrons. The quantitative estimate of drug-likeness (QED) is 0.622. The molecular formula is C19H22N4O2S. The first kappa shape index (κ1) is 18.5. The summed E-state index contributed by atoms with van der Waals surface area (Å²) in [5.74, 6) is 0.719. The lowest BCUT2D eigenvalue weighted by molar-refractivity contribution is 0.183. The molecule has 0 amide bonds. The van der Waals surface area contributed by atoms with E-state index in [1.165, 1.54) is 31.0 Å². The van der Waals surface area contributed by atoms with Gasteiger partial charge < -0.3 is 9.72 Å². The number of nitrogens with one attached hydrogen (secondary N) is 1. The third-order valence-corrected chi connectivity index (χ3v) is 5.02. The van der Waals surface area contributed by atoms with Gasteiger partial charge in [-0.05, 0) is 44.3 Å². The molecule has 0 bridgehead atoms. The van der Waals surface area contributed by atoms with Gasteiger partial charge in [-0.25, -0.2) is 4.98 Å². The number of nitrogens with zero attached hydrogens (tertiary/aromatic N) is 3. The molecule has 0 atom stereocenters. The first-order chi connectivity index (χ1) is 12.7. The third kappa shape index (κ3) is 4.45. The van der Waals surface area contributed by atoms with E-state index in [0.717, 1.165) is 25.4 Å². The second kappa shape index (κ2) is 8.88. The number of hydrogen-bond acceptors (Lipinski definition) is 6. The van der Waals surface area contributed by atoms with Crippen molar-refractivity contribution in [3.8, 4) is 23.1 Å². The minimum Gasteiger partial charge on any atom is -0.492 e. The van der Waals surface area contributed by atoms with Crippen LogP contribution in [0.4, 0.5) is 0 Å². The Morgan fingerprint density at radius 2 is 2.15 bits per heavy atom. The SMILES string of the molecule is CSc1nc(-c2cccc(OCCN3CCCCC3)c2)c(C#N)c(=O)[nH]1. The summed E-state index contributed by atoms with van der Waals surface area (Å²) < 4.78 is 5.89. The maximum atomic E-state index is 12.1. The molecule has 0 spiro atoms. The molecule has 1 N–H and O–H groups in total. The van der Waals surface area contributed by atoms with Gasteiger partial charge in [0, 0.05) is 12.1 Å². The van der Waals surface area contributed by atoms with Crippen LogP contribution in [-0.4, -0.2) is 47.4 Å². The lowest BCUT2D eigenvalue weighted by Crippen LogP contribution is -2.33. The summed E-state index contributed by atoms with van der Waals surface area (Å²) in [6.07, 6.45) is 5.67. The highest BCUT2D eigenvalue weighted by molar-refractivity contribution is 7.98. The molecule has 1 aliphatic rings. The van der Waals surface area contributed by atoms with E-state index < -0.39 is 5.56 Å². The largest absolute Gasteiger partial charge is 0.492 e. The number of aromatic nitrogens is 2. The number of hydrogen-bond donors (Lipinski definition) is 1. The summed E-state index contributed by atoms with van der Waals surface area (Å²) in [6, 6.07) is 9.37. The normalized spacial score (nSPS) is 14.8. The summed E-state index contributed by atoms with van der Waals surface area (Å²) in [6.45, 7) is 3.81. The highest BCUT2D eigenvalue weighted by atomic mass is 32.2. The Balaban J connectivity index is 1.76. The second-order valence-corrected chi connectivity index (χ2v) is 6.98. The second-order valence-electron chi connectivity index (χ2n) is 6.19. The summed E-state index contributed by atoms with van der Waals surface area (Å²) in [4.78, 5) is 21.5. The zero-order valence-electron chi connectivity index (χ0n) is 14.8. The topological polar surface area (TPSA) is 82.0 Å². The summed E-state index contributed by atoms with van der Waals surface area (Å²) in [5, 5.41) is 9.81. The lowest BCUT2D eigenvalue weighted by Gasteiger charge is -2.26. The molecule has 136 valence electrons. The van der Waals surface area contributed by atoms with Gasteiger partial charge in [0.05, 0.1) is 5.69 Å². The molecule has 1 aromatic carbocycles. The molecule has 1 aliphatic heterocycles. The van der Waals surface area contributed by atoms with E-state index in [4.69, 9.17) is 4.74 Å². The van der Waals surface area contributed by atoms with Crippen molar-refractivity contribution in [2.24, 2.45) is 0 Å². The van der Waals surface area contributed by atoms with Crippen LogP contribution in [0.25, 0.3) is 11.3 Å². The molecule has 0 unspecified atom stereocenters. The van der Waals surface area contributed by atoms with E-state index >= 15 is 0 Å². The van der Waals surface area contributed by atoms with E-state index in [1.807, 2.05) is 36.6 Å². The van der Waals surface area contributed by atoms with Gasteiger partial charge in [-0.15, -0.1) is 0 Å². The fourth-order valence-corrected chi connectivity index (χ4v) is 3.45. The van der Waals surface area contributed by atoms with Crippen molar-refractivity contribution in [1.29, 1.82) is 5.26 Å². The molecular weight excluding hydrogens is 348 g/mol. The van der Waals surface area contributed by atoms with E-state index in [0.29, 0.717) is 23.0 Å². The summed E-state index contributed by atoms with van der Waals surface area (Å²) in [7, 11) is 0. The first-order valence-corrected chi connectivity index (χ1v) is 9.97. The number of benzene rings is 1. The Hall–Kier alpha value is -2.30. The zero-order chi connectivity index (χ0) is 18.4. The fraction of sp³-hybridized carbons (Fsp3) is 0.421. The highest BCUT2D eigenvalue weighted by Crippen LogP contribution is 2.25. The van der Waals surface area contributed by atoms with Crippen molar-refractivity contribution >= 4 is 11.8 Å². The lowest BCUT2D eigenvalue weighted by atomic mass is 10.1. The zero-order valence-corrected chi connectivity index (χ0v) is 15.6. The predicted octanol–water partition coefficient (Wildman–Crippen LogP) is 2.90. The molecule has 6 nitrogen and oxygen atoms in total. The van der Waals surface area contributed by atoms with Gasteiger partial charge in [0.25, 0.3) is 5.56 Å². The van der Waals surface area contributed by atoms with Crippen LogP contribution in [0.3, 0.4) is 0 Å². The Kier molecular flexibility index (Phi) is 6.31. The predicted molar refractivity (Wildman–Crippen MR) is 103 cm³/mol. The minimum atomic E-state index is -0.418. The van der Waals surface area contributed by atoms with Crippen LogP contribution in [0.5, 0.6) is 5.75 Å². The molecule has 2 aromatic rings. The summed E-state index contributed by atoms with van der Waals surface area (Å²) in [5.41, 5.74) is 0.701. The van der Waals surface area contributed by atoms with Gasteiger partial charge >= 0.3 is 0 Å². The Labute approximate surface area is 157 Å². The average molecular weight is 370 g/mol. The van der Waals surface area contributed by atoms with Crippen molar-refractivity contribution in [2.75, 3.05) is 32.5 Å². The summed E-state index contributed by atoms with van der Waals surface area (Å²) >= 11 is 1.33. The first-order valence-electron chi connectivity index (χ1n) is 8.75. The van der Waals surface area contributed by atoms with Gasteiger partial charge in [0.2, 0.25) is 0 Å². The van der Waals surface area contributed by atoms with E-state index in [2.05, 4.69) is 14.9 Å². The number of piperidine rings is 1. The molecule has 1 aromatic heterocycles. The van der Waals surface area contributed by atoms with Crippen LogP contribution < -0.4 is 10.3 Å². The molecule has 0 aliphatic carbocycles. The third-order valence-electron chi connectivity index (χ3n) is 4.44. The number of thioether (sulfide) groups is 1. The van der Waals surface area contributed by atoms with E-state index in [-0.39, 0.29) is 5.56 Å². The molecule has 1 fully saturated rings. The van der Waals surface area contributed by atoms with Crippen LogP contribution in [0.2, 0.25) is 0 Å². The molecule has 26 heavy (non-hydrogen) atoms. The Morgan fingerprint density at radius 1 is 1.35 bits per heavy atom. The van der Waals surface area contributed by atoms with Crippen molar-refractivity contribution < 1.29 is 4.74 Å². The Morgan fingerprint density at radius 3 is 2.88 bits per heavy atom. The van der Waals surface area contributed by atoms with Crippen LogP contribution in [-0.2, 0) is 0 Å². The van der Waals surface area contributed by atoms with Crippen LogP contribution in [0.1, 0.15) is 24.8 Å². The van der Waals surface area contributed by atoms with Crippen LogP contribution in [0, 0.1) is 11.3 Å². The number of aromatic amines is 1. The van der Waals surface area contributed by atoms with E-state index in [9.17, 15) is 10.1 Å². The number of nitriles is 1. The number of ether oxygens (including phenoxy) is 1. The minimum absolute atomic E-state index is 0.0215. The fourth-order valence-electron chi connectivity index (χ4n) is 3.07. The van der Waals surface area contributed by atoms with Gasteiger partial charge in [0.1, 0.15) is 24.0 Å². The van der Waals surface area contributed by atoms with Crippen LogP contribution in [0.15, 0.2) is 34.2 Å². The van der Waals surface area contributed by atoms with Gasteiger partial charge in [0.15, 0.2) is 5.16 Å². The molecule has 3 rings (SSSR count). The maximum Gasteiger partial charge on any atom is 0.270 e. The van der Waals surface area contributed by atoms with Crippen molar-refractivity contribution in [3.05, 3.63) is 40.2 Å². The number of H-pyrrole nitrogens is 1. The highest BCUT2D eigenvalue weighted by Gasteiger charge is 2.14. The number of rotatable bonds is 6. The van der Waals surface area contributed by atoms with Gasteiger partial charge in [-0.2, -0.15) is 5.26 Å². The van der Waals surface area contributed by atoms with Crippen LogP contribution >= 0.6 is 11.8 Å². The standard InChI is InChI=1S/C19H22N4O2S/c1-26-19-21-17(16(13-20)18(24)22-19)14-6-5-7-15(12-14)25-11-10-23-8-3-2-4-9-23/h5-7,12H,2-4,8-11H2,1H3,(H,21,22,24). The van der Waals surface area contributed by atoms with Crippen molar-refractivity contribution in [2.45, 2.75) is 24.4 Å². The molecule has 2 heterocycles. The van der Waals surface area contributed by atoms with Crippen molar-refractivity contribution in [1.82, 2.24) is 14.9 Å². The Bertz CT molecular complexity index is 853. The van der Waals surface area contributed by atoms with Gasteiger partial charge in [-0.3, -0.25) is 9.69 Å². The molecule has 7 heteroatoms. The smallest absolute Gasteiger partial charge is 0.270 e. The maximum absolute atomic E-state index is 12.1. The monoisotopic (exact) mass is 370 g/mol.